The Kier molecular flexibility index (Phi) is 5.59. The fraction of sp³-hybridized carbons (Fsp3) is 0.533. The van der Waals surface area contributed by atoms with E-state index >= 15 is 0 Å². The fourth-order valence-electron chi connectivity index (χ4n) is 2.79. The number of ether oxygens (including phenoxy) is 1. The Balaban J connectivity index is 1.80. The van der Waals surface area contributed by atoms with Gasteiger partial charge in [0.2, 0.25) is 10.0 Å². The molecule has 3 heterocycles. The lowest BCUT2D eigenvalue weighted by molar-refractivity contribution is -0.0230. The number of aliphatic hydroxyl groups excluding tert-OH is 2. The van der Waals surface area contributed by atoms with Crippen LogP contribution < -0.4 is 10.0 Å². The van der Waals surface area contributed by atoms with Crippen molar-refractivity contribution >= 4 is 27.0 Å². The highest BCUT2D eigenvalue weighted by molar-refractivity contribution is 7.89. The SMILES string of the molecule is C#CC1OC(n2cnc3c(NCCS(=O)(=O)NCC)ncnc32)C(O)C1O. The molecule has 12 heteroatoms. The summed E-state index contributed by atoms with van der Waals surface area (Å²) >= 11 is 0. The first kappa shape index (κ1) is 19.5. The van der Waals surface area contributed by atoms with E-state index in [0.29, 0.717) is 23.5 Å². The van der Waals surface area contributed by atoms with Crippen molar-refractivity contribution < 1.29 is 23.4 Å². The molecule has 4 atom stereocenters. The molecule has 1 saturated heterocycles. The number of hydrogen-bond acceptors (Lipinski definition) is 9. The van der Waals surface area contributed by atoms with Crippen LogP contribution in [-0.4, -0.2) is 75.3 Å². The quantitative estimate of drug-likeness (QED) is 0.407. The number of imidazole rings is 1. The van der Waals surface area contributed by atoms with Gasteiger partial charge in [0.1, 0.15) is 24.6 Å². The van der Waals surface area contributed by atoms with Crippen LogP contribution in [0, 0.1) is 12.3 Å². The molecule has 27 heavy (non-hydrogen) atoms. The Morgan fingerprint density at radius 2 is 2.11 bits per heavy atom. The van der Waals surface area contributed by atoms with Crippen molar-refractivity contribution in [3.8, 4) is 12.3 Å². The Morgan fingerprint density at radius 1 is 1.33 bits per heavy atom. The first-order chi connectivity index (χ1) is 12.9. The van der Waals surface area contributed by atoms with Crippen LogP contribution in [0.2, 0.25) is 0 Å². The van der Waals surface area contributed by atoms with E-state index in [-0.39, 0.29) is 12.3 Å². The predicted octanol–water partition coefficient (Wildman–Crippen LogP) is -1.57. The number of fused-ring (bicyclic) bond motifs is 1. The van der Waals surface area contributed by atoms with Crippen LogP contribution in [0.5, 0.6) is 0 Å². The standard InChI is InChI=1S/C15H20N6O5S/c1-3-9-11(22)12(23)15(26-9)21-8-19-10-13(17-7-18-14(10)21)16-5-6-27(24,25)20-4-2/h1,7-9,11-12,15,20,22-23H,4-6H2,2H3,(H,16,17,18). The average Bonchev–Trinajstić information content (AvgIpc) is 3.17. The summed E-state index contributed by atoms with van der Waals surface area (Å²) in [6, 6.07) is 0. The molecule has 3 rings (SSSR count). The van der Waals surface area contributed by atoms with E-state index in [9.17, 15) is 18.6 Å². The summed E-state index contributed by atoms with van der Waals surface area (Å²) in [5.74, 6) is 2.48. The predicted molar refractivity (Wildman–Crippen MR) is 96.0 cm³/mol. The van der Waals surface area contributed by atoms with E-state index in [1.54, 1.807) is 6.92 Å². The summed E-state index contributed by atoms with van der Waals surface area (Å²) in [6.45, 7) is 2.14. The van der Waals surface area contributed by atoms with Gasteiger partial charge in [-0.1, -0.05) is 12.8 Å². The van der Waals surface area contributed by atoms with Gasteiger partial charge < -0.3 is 20.3 Å². The van der Waals surface area contributed by atoms with Crippen molar-refractivity contribution in [2.75, 3.05) is 24.2 Å². The Hall–Kier alpha value is -2.30. The lowest BCUT2D eigenvalue weighted by atomic mass is 10.1. The number of terminal acetylenes is 1. The van der Waals surface area contributed by atoms with Crippen LogP contribution in [0.15, 0.2) is 12.7 Å². The summed E-state index contributed by atoms with van der Waals surface area (Å²) in [6.07, 6.45) is 3.57. The van der Waals surface area contributed by atoms with E-state index < -0.39 is 34.6 Å². The molecule has 0 radical (unpaired) electrons. The largest absolute Gasteiger partial charge is 0.386 e. The lowest BCUT2D eigenvalue weighted by Crippen LogP contribution is -2.30. The third kappa shape index (κ3) is 3.87. The Bertz CT molecular complexity index is 955. The maximum atomic E-state index is 11.7. The molecule has 2 aromatic heterocycles. The summed E-state index contributed by atoms with van der Waals surface area (Å²) in [5, 5.41) is 23.0. The third-order valence-corrected chi connectivity index (χ3v) is 5.53. The van der Waals surface area contributed by atoms with Crippen molar-refractivity contribution in [1.29, 1.82) is 0 Å². The number of aromatic nitrogens is 4. The van der Waals surface area contributed by atoms with Crippen molar-refractivity contribution in [2.45, 2.75) is 31.5 Å². The van der Waals surface area contributed by atoms with Crippen LogP contribution in [0.3, 0.4) is 0 Å². The van der Waals surface area contributed by atoms with Crippen LogP contribution >= 0.6 is 0 Å². The molecular weight excluding hydrogens is 376 g/mol. The maximum Gasteiger partial charge on any atom is 0.213 e. The van der Waals surface area contributed by atoms with Crippen LogP contribution in [0.1, 0.15) is 13.2 Å². The second kappa shape index (κ2) is 7.75. The highest BCUT2D eigenvalue weighted by atomic mass is 32.2. The zero-order chi connectivity index (χ0) is 19.6. The molecule has 4 N–H and O–H groups in total. The normalized spacial score (nSPS) is 25.6. The smallest absolute Gasteiger partial charge is 0.213 e. The van der Waals surface area contributed by atoms with Crippen LogP contribution in [-0.2, 0) is 14.8 Å². The highest BCUT2D eigenvalue weighted by Gasteiger charge is 2.43. The first-order valence-corrected chi connectivity index (χ1v) is 9.89. The van der Waals surface area contributed by atoms with E-state index in [1.807, 2.05) is 0 Å². The van der Waals surface area contributed by atoms with Crippen LogP contribution in [0.25, 0.3) is 11.2 Å². The van der Waals surface area contributed by atoms with E-state index in [0.717, 1.165) is 0 Å². The first-order valence-electron chi connectivity index (χ1n) is 8.24. The van der Waals surface area contributed by atoms with Gasteiger partial charge in [0.15, 0.2) is 23.2 Å². The molecular formula is C15H20N6O5S. The number of anilines is 1. The van der Waals surface area contributed by atoms with E-state index in [1.165, 1.54) is 17.2 Å². The summed E-state index contributed by atoms with van der Waals surface area (Å²) in [4.78, 5) is 12.4. The van der Waals surface area contributed by atoms with Crippen molar-refractivity contribution in [3.63, 3.8) is 0 Å². The molecule has 0 aromatic carbocycles. The second-order valence-electron chi connectivity index (χ2n) is 5.88. The van der Waals surface area contributed by atoms with Gasteiger partial charge in [0, 0.05) is 13.1 Å². The van der Waals surface area contributed by atoms with Gasteiger partial charge in [0.25, 0.3) is 0 Å². The number of hydrogen-bond donors (Lipinski definition) is 4. The molecule has 4 unspecified atom stereocenters. The molecule has 11 nitrogen and oxygen atoms in total. The van der Waals surface area contributed by atoms with Crippen molar-refractivity contribution in [1.82, 2.24) is 24.2 Å². The number of nitrogens with zero attached hydrogens (tertiary/aromatic N) is 4. The molecule has 1 aliphatic heterocycles. The molecule has 0 aliphatic carbocycles. The van der Waals surface area contributed by atoms with Crippen molar-refractivity contribution in [3.05, 3.63) is 12.7 Å². The highest BCUT2D eigenvalue weighted by Crippen LogP contribution is 2.31. The minimum Gasteiger partial charge on any atom is -0.386 e. The van der Waals surface area contributed by atoms with E-state index in [2.05, 4.69) is 30.9 Å². The van der Waals surface area contributed by atoms with Gasteiger partial charge in [-0.2, -0.15) is 0 Å². The number of nitrogens with one attached hydrogen (secondary N) is 2. The third-order valence-electron chi connectivity index (χ3n) is 4.06. The molecule has 0 spiro atoms. The average molecular weight is 396 g/mol. The Morgan fingerprint density at radius 3 is 2.78 bits per heavy atom. The van der Waals surface area contributed by atoms with Gasteiger partial charge in [-0.3, -0.25) is 4.57 Å². The van der Waals surface area contributed by atoms with Crippen molar-refractivity contribution in [2.24, 2.45) is 0 Å². The molecule has 0 amide bonds. The van der Waals surface area contributed by atoms with Gasteiger partial charge in [-0.15, -0.1) is 6.42 Å². The minimum atomic E-state index is -3.37. The van der Waals surface area contributed by atoms with Gasteiger partial charge in [-0.05, 0) is 0 Å². The van der Waals surface area contributed by atoms with Gasteiger partial charge >= 0.3 is 0 Å². The fourth-order valence-corrected chi connectivity index (χ4v) is 3.75. The second-order valence-corrected chi connectivity index (χ2v) is 7.81. The molecule has 146 valence electrons. The number of aliphatic hydroxyl groups is 2. The number of rotatable bonds is 7. The summed E-state index contributed by atoms with van der Waals surface area (Å²) in [5.41, 5.74) is 0.712. The maximum absolute atomic E-state index is 11.7. The van der Waals surface area contributed by atoms with E-state index in [4.69, 9.17) is 11.2 Å². The zero-order valence-corrected chi connectivity index (χ0v) is 15.3. The molecule has 1 aliphatic rings. The molecule has 1 fully saturated rings. The van der Waals surface area contributed by atoms with Crippen LogP contribution in [0.4, 0.5) is 5.82 Å². The Labute approximate surface area is 155 Å². The van der Waals surface area contributed by atoms with Gasteiger partial charge in [-0.25, -0.2) is 28.1 Å². The zero-order valence-electron chi connectivity index (χ0n) is 14.5. The lowest BCUT2D eigenvalue weighted by Gasteiger charge is -2.16. The summed E-state index contributed by atoms with van der Waals surface area (Å²) < 4.78 is 32.7. The topological polar surface area (TPSA) is 151 Å². The molecule has 0 saturated carbocycles. The number of sulfonamides is 1. The monoisotopic (exact) mass is 396 g/mol. The minimum absolute atomic E-state index is 0.120. The molecule has 2 aromatic rings. The van der Waals surface area contributed by atoms with Gasteiger partial charge in [0.05, 0.1) is 12.1 Å². The summed E-state index contributed by atoms with van der Waals surface area (Å²) in [7, 11) is -3.37. The molecule has 0 bridgehead atoms.